The van der Waals surface area contributed by atoms with Gasteiger partial charge in [0.05, 0.1) is 16.3 Å². The molecule has 0 saturated carbocycles. The molecular weight excluding hydrogens is 360 g/mol. The number of hydrogen-bond acceptors (Lipinski definition) is 5. The van der Waals surface area contributed by atoms with Gasteiger partial charge in [0.25, 0.3) is 0 Å². The molecule has 0 saturated heterocycles. The smallest absolute Gasteiger partial charge is 0.226 e. The van der Waals surface area contributed by atoms with Crippen molar-refractivity contribution in [3.8, 4) is 22.0 Å². The molecule has 1 aliphatic rings. The predicted molar refractivity (Wildman–Crippen MR) is 103 cm³/mol. The maximum Gasteiger partial charge on any atom is 0.226 e. The Bertz CT molecular complexity index is 1110. The van der Waals surface area contributed by atoms with Gasteiger partial charge in [-0.05, 0) is 30.3 Å². The number of aromatic nitrogens is 5. The molecule has 0 aromatic carbocycles. The minimum absolute atomic E-state index is 0.000406. The molecule has 27 heavy (non-hydrogen) atoms. The van der Waals surface area contributed by atoms with Crippen molar-refractivity contribution >= 4 is 23.1 Å². The minimum Gasteiger partial charge on any atom is -0.311 e. The first-order valence-electron chi connectivity index (χ1n) is 8.58. The maximum absolute atomic E-state index is 12.4. The summed E-state index contributed by atoms with van der Waals surface area (Å²) in [5.74, 6) is 0.689. The van der Waals surface area contributed by atoms with Gasteiger partial charge in [0.2, 0.25) is 5.91 Å². The van der Waals surface area contributed by atoms with Crippen LogP contribution in [0.2, 0.25) is 0 Å². The number of thiophene rings is 1. The molecule has 2 N–H and O–H groups in total. The number of rotatable bonds is 3. The highest BCUT2D eigenvalue weighted by atomic mass is 32.1. The number of anilines is 1. The average molecular weight is 376 g/mol. The molecule has 0 unspecified atom stereocenters. The highest BCUT2D eigenvalue weighted by molar-refractivity contribution is 7.15. The van der Waals surface area contributed by atoms with Gasteiger partial charge in [-0.2, -0.15) is 10.2 Å². The van der Waals surface area contributed by atoms with Gasteiger partial charge in [-0.3, -0.25) is 19.6 Å². The van der Waals surface area contributed by atoms with E-state index in [1.54, 1.807) is 28.4 Å². The van der Waals surface area contributed by atoms with Gasteiger partial charge in [-0.25, -0.2) is 0 Å². The third-order valence-electron chi connectivity index (χ3n) is 4.72. The number of aromatic amines is 1. The van der Waals surface area contributed by atoms with Crippen LogP contribution in [0.4, 0.5) is 5.82 Å². The SMILES string of the molecule is Cn1nc(-c2ccccn2)c2c1NC(=O)C[C@H]2c1ccc(-c2ccn[nH]2)s1. The topological polar surface area (TPSA) is 88.5 Å². The van der Waals surface area contributed by atoms with Crippen molar-refractivity contribution in [3.05, 3.63) is 59.2 Å². The Kier molecular flexibility index (Phi) is 3.64. The molecule has 134 valence electrons. The van der Waals surface area contributed by atoms with Gasteiger partial charge in [0.1, 0.15) is 11.5 Å². The van der Waals surface area contributed by atoms with Crippen LogP contribution < -0.4 is 5.32 Å². The van der Waals surface area contributed by atoms with Crippen molar-refractivity contribution in [2.45, 2.75) is 12.3 Å². The Morgan fingerprint density at radius 3 is 2.89 bits per heavy atom. The monoisotopic (exact) mass is 376 g/mol. The number of hydrogen-bond donors (Lipinski definition) is 2. The van der Waals surface area contributed by atoms with E-state index in [0.29, 0.717) is 6.42 Å². The first-order valence-corrected chi connectivity index (χ1v) is 9.40. The number of fused-ring (bicyclic) bond motifs is 1. The Morgan fingerprint density at radius 1 is 1.19 bits per heavy atom. The third kappa shape index (κ3) is 2.65. The zero-order chi connectivity index (χ0) is 18.4. The fourth-order valence-electron chi connectivity index (χ4n) is 3.50. The highest BCUT2D eigenvalue weighted by Gasteiger charge is 2.34. The zero-order valence-corrected chi connectivity index (χ0v) is 15.3. The molecule has 7 nitrogen and oxygen atoms in total. The molecule has 1 atom stereocenters. The standard InChI is InChI=1S/C19H16N6OS/c1-25-19-17(18(24-25)13-4-2-3-8-20-13)11(10-16(26)22-19)14-5-6-15(27-14)12-7-9-21-23-12/h2-9,11H,10H2,1H3,(H,21,23)(H,22,26)/t11-/m0/s1. The van der Waals surface area contributed by atoms with Crippen molar-refractivity contribution in [2.24, 2.45) is 7.05 Å². The lowest BCUT2D eigenvalue weighted by Crippen LogP contribution is -2.24. The van der Waals surface area contributed by atoms with E-state index in [-0.39, 0.29) is 11.8 Å². The Labute approximate surface area is 159 Å². The van der Waals surface area contributed by atoms with Crippen molar-refractivity contribution in [3.63, 3.8) is 0 Å². The van der Waals surface area contributed by atoms with E-state index in [2.05, 4.69) is 37.7 Å². The molecule has 5 rings (SSSR count). The molecule has 8 heteroatoms. The minimum atomic E-state index is -0.0545. The number of amides is 1. The predicted octanol–water partition coefficient (Wildman–Crippen LogP) is 3.41. The van der Waals surface area contributed by atoms with Crippen LogP contribution in [-0.4, -0.2) is 30.9 Å². The zero-order valence-electron chi connectivity index (χ0n) is 14.5. The van der Waals surface area contributed by atoms with Gasteiger partial charge < -0.3 is 5.32 Å². The molecular formula is C19H16N6OS. The second-order valence-electron chi connectivity index (χ2n) is 6.43. The maximum atomic E-state index is 12.4. The van der Waals surface area contributed by atoms with E-state index < -0.39 is 0 Å². The van der Waals surface area contributed by atoms with Crippen LogP contribution in [0.15, 0.2) is 48.8 Å². The lowest BCUT2D eigenvalue weighted by molar-refractivity contribution is -0.116. The van der Waals surface area contributed by atoms with E-state index in [1.165, 1.54) is 0 Å². The van der Waals surface area contributed by atoms with Crippen LogP contribution in [0.25, 0.3) is 22.0 Å². The second kappa shape index (κ2) is 6.17. The number of nitrogens with zero attached hydrogens (tertiary/aromatic N) is 4. The van der Waals surface area contributed by atoms with Crippen LogP contribution in [0.3, 0.4) is 0 Å². The van der Waals surface area contributed by atoms with Crippen LogP contribution in [0.5, 0.6) is 0 Å². The molecule has 1 aliphatic heterocycles. The quantitative estimate of drug-likeness (QED) is 0.573. The van der Waals surface area contributed by atoms with E-state index in [4.69, 9.17) is 0 Å². The Hall–Kier alpha value is -3.26. The highest BCUT2D eigenvalue weighted by Crippen LogP contribution is 2.45. The van der Waals surface area contributed by atoms with Crippen molar-refractivity contribution in [1.29, 1.82) is 0 Å². The number of aryl methyl sites for hydroxylation is 1. The largest absolute Gasteiger partial charge is 0.311 e. The molecule has 4 aromatic rings. The van der Waals surface area contributed by atoms with Crippen molar-refractivity contribution in [1.82, 2.24) is 25.0 Å². The van der Waals surface area contributed by atoms with E-state index in [9.17, 15) is 4.79 Å². The third-order valence-corrected chi connectivity index (χ3v) is 5.96. The molecule has 0 aliphatic carbocycles. The van der Waals surface area contributed by atoms with Gasteiger partial charge in [0.15, 0.2) is 0 Å². The molecule has 0 bridgehead atoms. The fraction of sp³-hybridized carbons (Fsp3) is 0.158. The first-order chi connectivity index (χ1) is 13.2. The first kappa shape index (κ1) is 16.0. The van der Waals surface area contributed by atoms with Crippen LogP contribution in [0, 0.1) is 0 Å². The molecule has 5 heterocycles. The normalized spacial score (nSPS) is 16.2. The van der Waals surface area contributed by atoms with E-state index in [0.717, 1.165) is 38.2 Å². The van der Waals surface area contributed by atoms with Crippen molar-refractivity contribution < 1.29 is 4.79 Å². The second-order valence-corrected chi connectivity index (χ2v) is 7.54. The number of nitrogens with one attached hydrogen (secondary N) is 2. The average Bonchev–Trinajstić information content (AvgIpc) is 3.42. The summed E-state index contributed by atoms with van der Waals surface area (Å²) in [4.78, 5) is 19.1. The van der Waals surface area contributed by atoms with Crippen LogP contribution in [-0.2, 0) is 11.8 Å². The summed E-state index contributed by atoms with van der Waals surface area (Å²) in [6.07, 6.45) is 3.89. The summed E-state index contributed by atoms with van der Waals surface area (Å²) >= 11 is 1.67. The Morgan fingerprint density at radius 2 is 2.11 bits per heavy atom. The summed E-state index contributed by atoms with van der Waals surface area (Å²) < 4.78 is 1.73. The number of carbonyl (C=O) groups is 1. The molecule has 0 radical (unpaired) electrons. The summed E-state index contributed by atoms with van der Waals surface area (Å²) in [7, 11) is 1.85. The van der Waals surface area contributed by atoms with Gasteiger partial charge in [-0.15, -0.1) is 11.3 Å². The summed E-state index contributed by atoms with van der Waals surface area (Å²) in [6.45, 7) is 0. The van der Waals surface area contributed by atoms with Gasteiger partial charge in [-0.1, -0.05) is 6.07 Å². The molecule has 4 aromatic heterocycles. The number of pyridine rings is 1. The molecule has 0 fully saturated rings. The van der Waals surface area contributed by atoms with E-state index in [1.807, 2.05) is 31.3 Å². The Balaban J connectivity index is 1.65. The molecule has 1 amide bonds. The number of carbonyl (C=O) groups excluding carboxylic acids is 1. The van der Waals surface area contributed by atoms with Crippen molar-refractivity contribution in [2.75, 3.05) is 5.32 Å². The summed E-state index contributed by atoms with van der Waals surface area (Å²) in [6, 6.07) is 11.9. The van der Waals surface area contributed by atoms with Crippen LogP contribution in [0.1, 0.15) is 22.8 Å². The van der Waals surface area contributed by atoms with Gasteiger partial charge >= 0.3 is 0 Å². The lowest BCUT2D eigenvalue weighted by atomic mass is 9.89. The van der Waals surface area contributed by atoms with Crippen LogP contribution >= 0.6 is 11.3 Å². The molecule has 0 spiro atoms. The number of H-pyrrole nitrogens is 1. The van der Waals surface area contributed by atoms with E-state index >= 15 is 0 Å². The summed E-state index contributed by atoms with van der Waals surface area (Å²) in [5, 5.41) is 14.6. The van der Waals surface area contributed by atoms with Gasteiger partial charge in [0, 0.05) is 42.2 Å². The fourth-order valence-corrected chi connectivity index (χ4v) is 4.60. The summed E-state index contributed by atoms with van der Waals surface area (Å²) in [5.41, 5.74) is 3.62. The lowest BCUT2D eigenvalue weighted by Gasteiger charge is -2.23.